The van der Waals surface area contributed by atoms with Crippen LogP contribution >= 0.6 is 0 Å². The number of nitrogens with zero attached hydrogens (tertiary/aromatic N) is 1. The molecule has 2 aliphatic rings. The molecule has 4 atom stereocenters. The minimum absolute atomic E-state index is 0.0423. The van der Waals surface area contributed by atoms with E-state index in [-0.39, 0.29) is 25.9 Å². The molecule has 0 spiro atoms. The quantitative estimate of drug-likeness (QED) is 0.444. The third-order valence-electron chi connectivity index (χ3n) is 4.29. The predicted octanol–water partition coefficient (Wildman–Crippen LogP) is -1.09. The molecule has 4 N–H and O–H groups in total. The van der Waals surface area contributed by atoms with Gasteiger partial charge in [0.2, 0.25) is 5.91 Å². The Balaban J connectivity index is 1.83. The molecule has 0 aromatic carbocycles. The number of ether oxygens (including phenoxy) is 3. The van der Waals surface area contributed by atoms with Gasteiger partial charge in [0.1, 0.15) is 12.2 Å². The summed E-state index contributed by atoms with van der Waals surface area (Å²) in [4.78, 5) is 35.3. The molecule has 2 heterocycles. The molecule has 0 aromatic rings. The van der Waals surface area contributed by atoms with E-state index >= 15 is 0 Å². The van der Waals surface area contributed by atoms with Crippen molar-refractivity contribution in [1.29, 1.82) is 0 Å². The van der Waals surface area contributed by atoms with E-state index in [9.17, 15) is 24.6 Å². The molecule has 10 nitrogen and oxygen atoms in total. The van der Waals surface area contributed by atoms with E-state index in [0.717, 1.165) is 0 Å². The van der Waals surface area contributed by atoms with Crippen LogP contribution in [0.5, 0.6) is 0 Å². The Morgan fingerprint density at radius 2 is 1.96 bits per heavy atom. The van der Waals surface area contributed by atoms with Crippen molar-refractivity contribution in [3.05, 3.63) is 24.0 Å². The third kappa shape index (κ3) is 5.52. The lowest BCUT2D eigenvalue weighted by Gasteiger charge is -2.28. The van der Waals surface area contributed by atoms with E-state index in [1.807, 2.05) is 0 Å². The molecule has 150 valence electrons. The Hall–Kier alpha value is -2.43. The highest BCUT2D eigenvalue weighted by Gasteiger charge is 2.44. The normalized spacial score (nSPS) is 27.2. The van der Waals surface area contributed by atoms with Gasteiger partial charge in [0.25, 0.3) is 0 Å². The first-order valence-corrected chi connectivity index (χ1v) is 8.52. The zero-order chi connectivity index (χ0) is 20.0. The summed E-state index contributed by atoms with van der Waals surface area (Å²) in [5.74, 6) is -1.66. The molecule has 1 saturated heterocycles. The lowest BCUT2D eigenvalue weighted by Crippen LogP contribution is -2.40. The van der Waals surface area contributed by atoms with Crippen molar-refractivity contribution in [2.75, 3.05) is 13.7 Å². The average Bonchev–Trinajstić information content (AvgIpc) is 2.94. The molecule has 0 aromatic heterocycles. The van der Waals surface area contributed by atoms with Crippen LogP contribution in [0.4, 0.5) is 0 Å². The molecule has 0 radical (unpaired) electrons. The van der Waals surface area contributed by atoms with Gasteiger partial charge in [-0.15, -0.1) is 0 Å². The number of amides is 1. The van der Waals surface area contributed by atoms with Gasteiger partial charge in [-0.25, -0.2) is 0 Å². The molecule has 2 aliphatic heterocycles. The second-order valence-corrected chi connectivity index (χ2v) is 6.19. The van der Waals surface area contributed by atoms with E-state index in [0.29, 0.717) is 12.0 Å². The van der Waals surface area contributed by atoms with Gasteiger partial charge >= 0.3 is 11.9 Å². The Morgan fingerprint density at radius 3 is 2.63 bits per heavy atom. The number of aliphatic hydroxyl groups is 2. The Morgan fingerprint density at radius 1 is 1.26 bits per heavy atom. The largest absolute Gasteiger partial charge is 0.469 e. The van der Waals surface area contributed by atoms with E-state index in [1.165, 1.54) is 18.2 Å². The van der Waals surface area contributed by atoms with Gasteiger partial charge in [0.15, 0.2) is 6.23 Å². The maximum atomic E-state index is 11.5. The van der Waals surface area contributed by atoms with Crippen LogP contribution < -0.4 is 5.73 Å². The fourth-order valence-electron chi connectivity index (χ4n) is 2.78. The highest BCUT2D eigenvalue weighted by atomic mass is 16.6. The highest BCUT2D eigenvalue weighted by Crippen LogP contribution is 2.28. The van der Waals surface area contributed by atoms with Crippen molar-refractivity contribution < 1.29 is 38.8 Å². The number of aliphatic hydroxyl groups excluding tert-OH is 2. The lowest BCUT2D eigenvalue weighted by molar-refractivity contribution is -0.149. The summed E-state index contributed by atoms with van der Waals surface area (Å²) in [6, 6.07) is 0. The van der Waals surface area contributed by atoms with Crippen LogP contribution in [0.3, 0.4) is 0 Å². The first-order valence-electron chi connectivity index (χ1n) is 8.52. The van der Waals surface area contributed by atoms with Gasteiger partial charge in [-0.05, 0) is 6.42 Å². The molecule has 0 aliphatic carbocycles. The van der Waals surface area contributed by atoms with Crippen LogP contribution in [-0.4, -0.2) is 71.2 Å². The number of hydrogen-bond acceptors (Lipinski definition) is 9. The molecule has 0 bridgehead atoms. The van der Waals surface area contributed by atoms with Gasteiger partial charge in [0, 0.05) is 24.4 Å². The third-order valence-corrected chi connectivity index (χ3v) is 4.29. The first kappa shape index (κ1) is 20.9. The molecular formula is C17H24N2O8. The van der Waals surface area contributed by atoms with Crippen molar-refractivity contribution >= 4 is 17.8 Å². The van der Waals surface area contributed by atoms with E-state index in [1.54, 1.807) is 12.3 Å². The summed E-state index contributed by atoms with van der Waals surface area (Å²) in [7, 11) is 1.23. The summed E-state index contributed by atoms with van der Waals surface area (Å²) in [5, 5.41) is 20.4. The smallest absolute Gasteiger partial charge is 0.306 e. The van der Waals surface area contributed by atoms with Gasteiger partial charge in [-0.2, -0.15) is 0 Å². The Labute approximate surface area is 156 Å². The summed E-state index contributed by atoms with van der Waals surface area (Å²) < 4.78 is 15.1. The molecule has 2 rings (SSSR count). The van der Waals surface area contributed by atoms with E-state index in [4.69, 9.17) is 15.2 Å². The summed E-state index contributed by atoms with van der Waals surface area (Å²) in [5.41, 5.74) is 5.62. The Bertz CT molecular complexity index is 632. The number of carbonyl (C=O) groups excluding carboxylic acids is 3. The number of carbonyl (C=O) groups is 3. The Kier molecular flexibility index (Phi) is 7.34. The van der Waals surface area contributed by atoms with Crippen molar-refractivity contribution in [1.82, 2.24) is 4.90 Å². The topological polar surface area (TPSA) is 149 Å². The fourth-order valence-corrected chi connectivity index (χ4v) is 2.78. The molecule has 0 unspecified atom stereocenters. The standard InChI is InChI=1S/C17H24N2O8/c1-25-12(20)4-5-13(21)26-8-6-11-14(22)15(23)17(27-11)19-7-2-3-10(9-19)16(18)24/h2,7,9,11,14-15,17,22-23H,3-6,8H2,1H3,(H2,18,24)/t11-,14-,15-,17-/m1/s1. The minimum atomic E-state index is -1.22. The molecule has 1 amide bonds. The van der Waals surface area contributed by atoms with Crippen LogP contribution in [0.1, 0.15) is 25.7 Å². The van der Waals surface area contributed by atoms with Crippen LogP contribution in [0, 0.1) is 0 Å². The maximum Gasteiger partial charge on any atom is 0.306 e. The van der Waals surface area contributed by atoms with Crippen LogP contribution in [0.25, 0.3) is 0 Å². The zero-order valence-electron chi connectivity index (χ0n) is 14.9. The lowest BCUT2D eigenvalue weighted by atomic mass is 10.1. The van der Waals surface area contributed by atoms with Gasteiger partial charge < -0.3 is 35.1 Å². The molecule has 10 heteroatoms. The SMILES string of the molecule is COC(=O)CCC(=O)OCC[C@H]1O[C@@H](N2C=CCC(C(N)=O)=C2)[C@H](O)[C@@H]1O. The number of rotatable bonds is 8. The molecular weight excluding hydrogens is 360 g/mol. The molecule has 27 heavy (non-hydrogen) atoms. The van der Waals surface area contributed by atoms with Gasteiger partial charge in [-0.3, -0.25) is 14.4 Å². The fraction of sp³-hybridized carbons (Fsp3) is 0.588. The molecule has 0 saturated carbocycles. The number of primary amides is 1. The van der Waals surface area contributed by atoms with E-state index in [2.05, 4.69) is 4.74 Å². The summed E-state index contributed by atoms with van der Waals surface area (Å²) in [6.07, 6.45) is 1.07. The number of nitrogens with two attached hydrogens (primary N) is 1. The second-order valence-electron chi connectivity index (χ2n) is 6.19. The number of esters is 2. The van der Waals surface area contributed by atoms with Crippen molar-refractivity contribution in [2.24, 2.45) is 5.73 Å². The maximum absolute atomic E-state index is 11.5. The first-order chi connectivity index (χ1) is 12.8. The van der Waals surface area contributed by atoms with Crippen LogP contribution in [0.15, 0.2) is 24.0 Å². The predicted molar refractivity (Wildman–Crippen MR) is 90.4 cm³/mol. The zero-order valence-corrected chi connectivity index (χ0v) is 14.9. The van der Waals surface area contributed by atoms with Crippen molar-refractivity contribution in [3.63, 3.8) is 0 Å². The highest BCUT2D eigenvalue weighted by molar-refractivity contribution is 5.92. The second kappa shape index (κ2) is 9.49. The summed E-state index contributed by atoms with van der Waals surface area (Å²) in [6.45, 7) is -0.0423. The van der Waals surface area contributed by atoms with Crippen LogP contribution in [0.2, 0.25) is 0 Å². The average molecular weight is 384 g/mol. The number of methoxy groups -OCH3 is 1. The number of hydrogen-bond donors (Lipinski definition) is 3. The van der Waals surface area contributed by atoms with E-state index < -0.39 is 42.4 Å². The van der Waals surface area contributed by atoms with Crippen LogP contribution in [-0.2, 0) is 28.6 Å². The van der Waals surface area contributed by atoms with Gasteiger partial charge in [-0.1, -0.05) is 6.08 Å². The van der Waals surface area contributed by atoms with Crippen molar-refractivity contribution in [2.45, 2.75) is 50.2 Å². The molecule has 1 fully saturated rings. The number of allylic oxidation sites excluding steroid dienone is 1. The van der Waals surface area contributed by atoms with Gasteiger partial charge in [0.05, 0.1) is 32.7 Å². The minimum Gasteiger partial charge on any atom is -0.469 e. The summed E-state index contributed by atoms with van der Waals surface area (Å²) >= 11 is 0. The monoisotopic (exact) mass is 384 g/mol. The van der Waals surface area contributed by atoms with Crippen molar-refractivity contribution in [3.8, 4) is 0 Å².